The zero-order valence-corrected chi connectivity index (χ0v) is 12.3. The van der Waals surface area contributed by atoms with Crippen LogP contribution in [0.2, 0.25) is 0 Å². The third-order valence-corrected chi connectivity index (χ3v) is 3.14. The van der Waals surface area contributed by atoms with Crippen molar-refractivity contribution >= 4 is 28.1 Å². The summed E-state index contributed by atoms with van der Waals surface area (Å²) in [7, 11) is 0. The number of hydrogen-bond donors (Lipinski definition) is 1. The van der Waals surface area contributed by atoms with Crippen molar-refractivity contribution in [3.63, 3.8) is 0 Å². The summed E-state index contributed by atoms with van der Waals surface area (Å²) < 4.78 is 4.94. The predicted octanol–water partition coefficient (Wildman–Crippen LogP) is 2.21. The molecule has 110 valence electrons. The molecule has 0 aliphatic rings. The van der Waals surface area contributed by atoms with E-state index in [0.29, 0.717) is 10.8 Å². The first-order chi connectivity index (χ1) is 10.2. The molecule has 2 rings (SSSR count). The Morgan fingerprint density at radius 2 is 2.14 bits per heavy atom. The van der Waals surface area contributed by atoms with Crippen molar-refractivity contribution in [1.29, 1.82) is 0 Å². The zero-order chi connectivity index (χ0) is 15.1. The molecule has 0 bridgehead atoms. The normalized spacial score (nSPS) is 11.2. The lowest BCUT2D eigenvalue weighted by molar-refractivity contribution is -0.135. The van der Waals surface area contributed by atoms with E-state index in [1.807, 2.05) is 30.3 Å². The van der Waals surface area contributed by atoms with Crippen molar-refractivity contribution in [3.05, 3.63) is 47.0 Å². The second kappa shape index (κ2) is 7.39. The number of nitrogen functional groups attached to an aromatic ring is 1. The number of rotatable bonds is 6. The summed E-state index contributed by atoms with van der Waals surface area (Å²) in [5.74, 6) is -0.587. The number of hydrogen-bond acceptors (Lipinski definition) is 7. The number of ether oxygens (including phenoxy) is 1. The first-order valence-corrected chi connectivity index (χ1v) is 7.21. The summed E-state index contributed by atoms with van der Waals surface area (Å²) >= 11 is 1.22. The minimum atomic E-state index is -0.587. The van der Waals surface area contributed by atoms with Crippen LogP contribution in [0.1, 0.15) is 18.2 Å². The van der Waals surface area contributed by atoms with Crippen LogP contribution in [0.5, 0.6) is 0 Å². The van der Waals surface area contributed by atoms with Gasteiger partial charge in [-0.05, 0) is 12.5 Å². The van der Waals surface area contributed by atoms with Gasteiger partial charge in [-0.1, -0.05) is 35.5 Å². The van der Waals surface area contributed by atoms with Crippen LogP contribution in [0.15, 0.2) is 40.9 Å². The molecule has 1 aromatic carbocycles. The van der Waals surface area contributed by atoms with Crippen molar-refractivity contribution in [2.45, 2.75) is 13.5 Å². The van der Waals surface area contributed by atoms with E-state index in [1.54, 1.807) is 12.3 Å². The largest absolute Gasteiger partial charge is 0.461 e. The van der Waals surface area contributed by atoms with Crippen LogP contribution in [-0.4, -0.2) is 23.3 Å². The van der Waals surface area contributed by atoms with Crippen LogP contribution < -0.4 is 5.73 Å². The molecular weight excluding hydrogens is 290 g/mol. The quantitative estimate of drug-likeness (QED) is 0.502. The number of carbonyl (C=O) groups excluding carboxylic acids is 1. The molecule has 0 aliphatic carbocycles. The van der Waals surface area contributed by atoms with Crippen LogP contribution in [0, 0.1) is 0 Å². The molecule has 2 N–H and O–H groups in total. The Morgan fingerprint density at radius 3 is 2.76 bits per heavy atom. The van der Waals surface area contributed by atoms with E-state index in [2.05, 4.69) is 10.1 Å². The molecule has 0 saturated carbocycles. The molecular formula is C14H15N3O3S. The maximum absolute atomic E-state index is 11.9. The summed E-state index contributed by atoms with van der Waals surface area (Å²) in [6.07, 6.45) is 0. The fourth-order valence-corrected chi connectivity index (χ4v) is 2.08. The molecule has 1 aromatic heterocycles. The number of benzene rings is 1. The van der Waals surface area contributed by atoms with Crippen molar-refractivity contribution in [3.8, 4) is 0 Å². The van der Waals surface area contributed by atoms with Gasteiger partial charge >= 0.3 is 5.97 Å². The number of anilines is 1. The van der Waals surface area contributed by atoms with Gasteiger partial charge in [0, 0.05) is 5.38 Å². The van der Waals surface area contributed by atoms with Crippen molar-refractivity contribution in [2.75, 3.05) is 12.3 Å². The maximum Gasteiger partial charge on any atom is 0.362 e. The Kier molecular flexibility index (Phi) is 5.28. The van der Waals surface area contributed by atoms with Crippen LogP contribution in [-0.2, 0) is 21.0 Å². The van der Waals surface area contributed by atoms with Crippen LogP contribution in [0.3, 0.4) is 0 Å². The zero-order valence-electron chi connectivity index (χ0n) is 11.5. The standard InChI is InChI=1S/C14H15N3O3S/c1-2-19-13(18)12(11-9-21-14(15)16-11)17-20-8-10-6-4-3-5-7-10/h3-7,9H,2,8H2,1H3,(H2,15,16). The van der Waals surface area contributed by atoms with E-state index in [9.17, 15) is 4.79 Å². The molecule has 0 amide bonds. The molecule has 0 radical (unpaired) electrons. The second-order valence-electron chi connectivity index (χ2n) is 3.99. The first-order valence-electron chi connectivity index (χ1n) is 6.33. The maximum atomic E-state index is 11.9. The molecule has 7 heteroatoms. The number of aromatic nitrogens is 1. The topological polar surface area (TPSA) is 86.8 Å². The molecule has 2 aromatic rings. The van der Waals surface area contributed by atoms with Crippen LogP contribution in [0.4, 0.5) is 5.13 Å². The van der Waals surface area contributed by atoms with E-state index in [0.717, 1.165) is 5.56 Å². The van der Waals surface area contributed by atoms with Crippen molar-refractivity contribution < 1.29 is 14.4 Å². The highest BCUT2D eigenvalue weighted by molar-refractivity contribution is 7.13. The molecule has 0 aliphatic heterocycles. The van der Waals surface area contributed by atoms with Crippen molar-refractivity contribution in [1.82, 2.24) is 4.98 Å². The lowest BCUT2D eigenvalue weighted by Crippen LogP contribution is -2.19. The van der Waals surface area contributed by atoms with E-state index < -0.39 is 5.97 Å². The summed E-state index contributed by atoms with van der Waals surface area (Å²) in [5.41, 5.74) is 6.88. The smallest absolute Gasteiger partial charge is 0.362 e. The Hall–Kier alpha value is -2.41. The fraction of sp³-hybridized carbons (Fsp3) is 0.214. The van der Waals surface area contributed by atoms with Gasteiger partial charge in [0.15, 0.2) is 5.13 Å². The number of esters is 1. The lowest BCUT2D eigenvalue weighted by Gasteiger charge is -2.04. The van der Waals surface area contributed by atoms with E-state index in [4.69, 9.17) is 15.3 Å². The van der Waals surface area contributed by atoms with Gasteiger partial charge < -0.3 is 15.3 Å². The second-order valence-corrected chi connectivity index (χ2v) is 4.88. The fourth-order valence-electron chi connectivity index (χ4n) is 1.53. The third kappa shape index (κ3) is 4.28. The van der Waals surface area contributed by atoms with Crippen molar-refractivity contribution in [2.24, 2.45) is 5.16 Å². The summed E-state index contributed by atoms with van der Waals surface area (Å²) in [4.78, 5) is 21.1. The first kappa shape index (κ1) is 15.0. The van der Waals surface area contributed by atoms with Gasteiger partial charge in [-0.15, -0.1) is 11.3 Å². The monoisotopic (exact) mass is 305 g/mol. The van der Waals surface area contributed by atoms with Gasteiger partial charge in [-0.2, -0.15) is 0 Å². The van der Waals surface area contributed by atoms with Gasteiger partial charge in [-0.25, -0.2) is 9.78 Å². The molecule has 0 atom stereocenters. The minimum Gasteiger partial charge on any atom is -0.461 e. The average Bonchev–Trinajstić information content (AvgIpc) is 2.91. The molecule has 0 fully saturated rings. The highest BCUT2D eigenvalue weighted by Crippen LogP contribution is 2.13. The summed E-state index contributed by atoms with van der Waals surface area (Å²) in [6.45, 7) is 2.22. The number of carbonyl (C=O) groups is 1. The number of oxime groups is 1. The molecule has 1 heterocycles. The molecule has 0 saturated heterocycles. The SMILES string of the molecule is CCOC(=O)C(=NOCc1ccccc1)c1csc(N)n1. The van der Waals surface area contributed by atoms with E-state index in [1.165, 1.54) is 11.3 Å². The van der Waals surface area contributed by atoms with Gasteiger partial charge in [0.1, 0.15) is 12.3 Å². The summed E-state index contributed by atoms with van der Waals surface area (Å²) in [6, 6.07) is 9.52. The van der Waals surface area contributed by atoms with Gasteiger partial charge in [-0.3, -0.25) is 0 Å². The van der Waals surface area contributed by atoms with Gasteiger partial charge in [0.05, 0.1) is 6.61 Å². The Morgan fingerprint density at radius 1 is 1.38 bits per heavy atom. The van der Waals surface area contributed by atoms with Crippen LogP contribution >= 0.6 is 11.3 Å². The average molecular weight is 305 g/mol. The van der Waals surface area contributed by atoms with E-state index >= 15 is 0 Å². The summed E-state index contributed by atoms with van der Waals surface area (Å²) in [5, 5.41) is 5.84. The number of nitrogens with zero attached hydrogens (tertiary/aromatic N) is 2. The van der Waals surface area contributed by atoms with Gasteiger partial charge in [0.2, 0.25) is 5.71 Å². The molecule has 6 nitrogen and oxygen atoms in total. The molecule has 21 heavy (non-hydrogen) atoms. The lowest BCUT2D eigenvalue weighted by atomic mass is 10.2. The number of thiazole rings is 1. The predicted molar refractivity (Wildman–Crippen MR) is 80.9 cm³/mol. The van der Waals surface area contributed by atoms with Gasteiger partial charge in [0.25, 0.3) is 0 Å². The molecule has 0 unspecified atom stereocenters. The third-order valence-electron chi connectivity index (χ3n) is 2.46. The number of nitrogens with two attached hydrogens (primary N) is 1. The Labute approximate surface area is 126 Å². The van der Waals surface area contributed by atoms with Crippen LogP contribution in [0.25, 0.3) is 0 Å². The Bertz CT molecular complexity index is 625. The minimum absolute atomic E-state index is 0.0146. The highest BCUT2D eigenvalue weighted by Gasteiger charge is 2.19. The molecule has 0 spiro atoms. The Balaban J connectivity index is 2.11. The highest BCUT2D eigenvalue weighted by atomic mass is 32.1. The van der Waals surface area contributed by atoms with E-state index in [-0.39, 0.29) is 18.9 Å².